The molecule has 0 bridgehead atoms. The van der Waals surface area contributed by atoms with E-state index in [1.54, 1.807) is 48.5 Å². The van der Waals surface area contributed by atoms with Gasteiger partial charge in [0.15, 0.2) is 12.2 Å². The van der Waals surface area contributed by atoms with Gasteiger partial charge in [0, 0.05) is 25.0 Å². The van der Waals surface area contributed by atoms with Crippen molar-refractivity contribution in [3.63, 3.8) is 0 Å². The van der Waals surface area contributed by atoms with Crippen LogP contribution in [0.1, 0.15) is 110 Å². The highest BCUT2D eigenvalue weighted by molar-refractivity contribution is 5.92. The quantitative estimate of drug-likeness (QED) is 0.191. The van der Waals surface area contributed by atoms with Crippen LogP contribution < -0.4 is 0 Å². The van der Waals surface area contributed by atoms with Gasteiger partial charge < -0.3 is 28.4 Å². The van der Waals surface area contributed by atoms with E-state index in [1.165, 1.54) is 13.8 Å². The van der Waals surface area contributed by atoms with Crippen LogP contribution in [-0.4, -0.2) is 61.5 Å². The average Bonchev–Trinajstić information content (AvgIpc) is 3.60. The van der Waals surface area contributed by atoms with Crippen LogP contribution >= 0.6 is 0 Å². The van der Waals surface area contributed by atoms with Crippen molar-refractivity contribution in [3.8, 4) is 0 Å². The number of fused-ring (bicyclic) bond motifs is 1. The standard InChI is InChI=1S/C34H42O10/c1-5-7-17-27(41-21(3)35)23-13-9-11-15-25(23)33(37)43-29-19-39-32-30(20-40-31(29)32)44-34(38)26-16-12-10-14-24(26)28(18-8-6-2)42-22(4)36/h9-16,27-32H,5-8,17-20H2,1-4H3/t27-,28-,29-,30+,31-,32-/m1/s1. The van der Waals surface area contributed by atoms with Crippen molar-refractivity contribution in [1.29, 1.82) is 0 Å². The minimum atomic E-state index is -0.721. The average molecular weight is 611 g/mol. The Morgan fingerprint density at radius 2 is 1.07 bits per heavy atom. The molecule has 2 fully saturated rings. The first kappa shape index (κ1) is 33.1. The van der Waals surface area contributed by atoms with Gasteiger partial charge in [-0.1, -0.05) is 63.1 Å². The second-order valence-electron chi connectivity index (χ2n) is 11.1. The topological polar surface area (TPSA) is 124 Å². The second kappa shape index (κ2) is 15.8. The molecule has 0 aliphatic carbocycles. The number of hydrogen-bond donors (Lipinski definition) is 0. The number of carbonyl (C=O) groups excluding carboxylic acids is 4. The van der Waals surface area contributed by atoms with Gasteiger partial charge in [-0.15, -0.1) is 0 Å². The molecule has 2 saturated heterocycles. The zero-order valence-electron chi connectivity index (χ0n) is 25.8. The van der Waals surface area contributed by atoms with Gasteiger partial charge in [-0.2, -0.15) is 0 Å². The molecule has 44 heavy (non-hydrogen) atoms. The van der Waals surface area contributed by atoms with E-state index in [4.69, 9.17) is 28.4 Å². The molecule has 0 radical (unpaired) electrons. The highest BCUT2D eigenvalue weighted by Crippen LogP contribution is 2.34. The lowest BCUT2D eigenvalue weighted by Crippen LogP contribution is -2.36. The molecule has 4 rings (SSSR count). The predicted molar refractivity (Wildman–Crippen MR) is 159 cm³/mol. The van der Waals surface area contributed by atoms with E-state index in [0.717, 1.165) is 25.7 Å². The number of unbranched alkanes of at least 4 members (excludes halogenated alkanes) is 2. The third-order valence-corrected chi connectivity index (χ3v) is 7.79. The van der Waals surface area contributed by atoms with Crippen LogP contribution in [0.5, 0.6) is 0 Å². The van der Waals surface area contributed by atoms with Crippen molar-refractivity contribution in [2.24, 2.45) is 0 Å². The Morgan fingerprint density at radius 3 is 1.43 bits per heavy atom. The number of benzene rings is 2. The van der Waals surface area contributed by atoms with E-state index in [2.05, 4.69) is 0 Å². The van der Waals surface area contributed by atoms with E-state index in [9.17, 15) is 19.2 Å². The maximum absolute atomic E-state index is 13.4. The molecule has 0 unspecified atom stereocenters. The summed E-state index contributed by atoms with van der Waals surface area (Å²) in [6, 6.07) is 13.9. The van der Waals surface area contributed by atoms with E-state index >= 15 is 0 Å². The smallest absolute Gasteiger partial charge is 0.339 e. The minimum absolute atomic E-state index is 0.0721. The molecule has 238 valence electrons. The molecule has 2 aromatic carbocycles. The van der Waals surface area contributed by atoms with Crippen LogP contribution in [0.3, 0.4) is 0 Å². The van der Waals surface area contributed by atoms with Crippen molar-refractivity contribution in [2.45, 2.75) is 103 Å². The summed E-state index contributed by atoms with van der Waals surface area (Å²) in [5, 5.41) is 0. The maximum atomic E-state index is 13.4. The molecule has 2 aromatic rings. The fraction of sp³-hybridized carbons (Fsp3) is 0.529. The minimum Gasteiger partial charge on any atom is -0.458 e. The van der Waals surface area contributed by atoms with E-state index < -0.39 is 60.5 Å². The van der Waals surface area contributed by atoms with Crippen molar-refractivity contribution >= 4 is 23.9 Å². The lowest BCUT2D eigenvalue weighted by molar-refractivity contribution is -0.148. The Balaban J connectivity index is 1.43. The molecule has 0 amide bonds. The Kier molecular flexibility index (Phi) is 11.9. The summed E-state index contributed by atoms with van der Waals surface area (Å²) >= 11 is 0. The lowest BCUT2D eigenvalue weighted by atomic mass is 9.98. The third kappa shape index (κ3) is 8.24. The number of carbonyl (C=O) groups is 4. The Labute approximate surface area is 258 Å². The van der Waals surface area contributed by atoms with Crippen LogP contribution in [0.4, 0.5) is 0 Å². The fourth-order valence-electron chi connectivity index (χ4n) is 5.70. The molecule has 10 heteroatoms. The normalized spacial score (nSPS) is 22.0. The first-order chi connectivity index (χ1) is 21.2. The lowest BCUT2D eigenvalue weighted by Gasteiger charge is -2.22. The van der Waals surface area contributed by atoms with Crippen molar-refractivity contribution in [3.05, 3.63) is 70.8 Å². The van der Waals surface area contributed by atoms with Gasteiger partial charge >= 0.3 is 23.9 Å². The summed E-state index contributed by atoms with van der Waals surface area (Å²) < 4.78 is 34.7. The molecule has 0 aromatic heterocycles. The van der Waals surface area contributed by atoms with Crippen LogP contribution in [0.25, 0.3) is 0 Å². The van der Waals surface area contributed by atoms with E-state index in [-0.39, 0.29) is 13.2 Å². The van der Waals surface area contributed by atoms with Crippen molar-refractivity contribution < 1.29 is 47.6 Å². The number of hydrogen-bond acceptors (Lipinski definition) is 10. The number of rotatable bonds is 14. The fourth-order valence-corrected chi connectivity index (χ4v) is 5.70. The molecule has 10 nitrogen and oxygen atoms in total. The molecule has 0 spiro atoms. The number of esters is 4. The molecular formula is C34H42O10. The van der Waals surface area contributed by atoms with Crippen LogP contribution in [0, 0.1) is 0 Å². The van der Waals surface area contributed by atoms with Gasteiger partial charge in [-0.25, -0.2) is 9.59 Å². The van der Waals surface area contributed by atoms with E-state index in [0.29, 0.717) is 35.1 Å². The highest BCUT2D eigenvalue weighted by atomic mass is 16.7. The predicted octanol–water partition coefficient (Wildman–Crippen LogP) is 5.82. The largest absolute Gasteiger partial charge is 0.458 e. The Hall–Kier alpha value is -3.76. The highest BCUT2D eigenvalue weighted by Gasteiger charge is 2.51. The third-order valence-electron chi connectivity index (χ3n) is 7.79. The van der Waals surface area contributed by atoms with Gasteiger partial charge in [0.05, 0.1) is 24.3 Å². The first-order valence-corrected chi connectivity index (χ1v) is 15.4. The molecule has 2 aliphatic rings. The Morgan fingerprint density at radius 1 is 0.682 bits per heavy atom. The Bertz CT molecular complexity index is 1210. The van der Waals surface area contributed by atoms with Gasteiger partial charge in [0.2, 0.25) is 0 Å². The van der Waals surface area contributed by atoms with Crippen molar-refractivity contribution in [1.82, 2.24) is 0 Å². The zero-order valence-corrected chi connectivity index (χ0v) is 25.8. The summed E-state index contributed by atoms with van der Waals surface area (Å²) in [4.78, 5) is 50.3. The van der Waals surface area contributed by atoms with Gasteiger partial charge in [0.25, 0.3) is 0 Å². The molecular weight excluding hydrogens is 568 g/mol. The zero-order chi connectivity index (χ0) is 31.6. The molecule has 0 saturated carbocycles. The summed E-state index contributed by atoms with van der Waals surface area (Å²) in [6.07, 6.45) is 0.800. The van der Waals surface area contributed by atoms with Gasteiger partial charge in [-0.3, -0.25) is 9.59 Å². The second-order valence-corrected chi connectivity index (χ2v) is 11.1. The molecule has 6 atom stereocenters. The summed E-state index contributed by atoms with van der Waals surface area (Å²) in [6.45, 7) is 6.92. The monoisotopic (exact) mass is 610 g/mol. The van der Waals surface area contributed by atoms with Crippen LogP contribution in [0.15, 0.2) is 48.5 Å². The first-order valence-electron chi connectivity index (χ1n) is 15.4. The molecule has 2 aliphatic heterocycles. The van der Waals surface area contributed by atoms with Gasteiger partial charge in [0.1, 0.15) is 24.4 Å². The summed E-state index contributed by atoms with van der Waals surface area (Å²) in [7, 11) is 0. The van der Waals surface area contributed by atoms with Gasteiger partial charge in [-0.05, 0) is 37.8 Å². The summed E-state index contributed by atoms with van der Waals surface area (Å²) in [5.74, 6) is -2.01. The van der Waals surface area contributed by atoms with E-state index in [1.807, 2.05) is 13.8 Å². The SMILES string of the molecule is CCCC[C@@H](OC(C)=O)c1ccccc1C(=O)O[C@H]1CO[C@H]2[C@@H]1OC[C@H]2OC(=O)c1ccccc1[C@@H](CCCC)OC(C)=O. The maximum Gasteiger partial charge on any atom is 0.339 e. The summed E-state index contributed by atoms with van der Waals surface area (Å²) in [5.41, 5.74) is 1.78. The number of ether oxygens (including phenoxy) is 6. The van der Waals surface area contributed by atoms with Crippen LogP contribution in [0.2, 0.25) is 0 Å². The van der Waals surface area contributed by atoms with Crippen LogP contribution in [-0.2, 0) is 38.0 Å². The molecule has 0 N–H and O–H groups in total. The molecule has 2 heterocycles. The van der Waals surface area contributed by atoms with Crippen molar-refractivity contribution in [2.75, 3.05) is 13.2 Å².